The summed E-state index contributed by atoms with van der Waals surface area (Å²) in [5.74, 6) is -0.379. The van der Waals surface area contributed by atoms with Crippen LogP contribution in [0, 0.1) is 0 Å². The fourth-order valence-electron chi connectivity index (χ4n) is 0.969. The molecule has 1 fully saturated rings. The molecule has 1 heterocycles. The lowest BCUT2D eigenvalue weighted by Crippen LogP contribution is -2.49. The Kier molecular flexibility index (Phi) is 4.07. The topological polar surface area (TPSA) is 58.2 Å². The van der Waals surface area contributed by atoms with E-state index in [4.69, 9.17) is 0 Å². The van der Waals surface area contributed by atoms with Crippen molar-refractivity contribution in [3.8, 4) is 0 Å². The fourth-order valence-corrected chi connectivity index (χ4v) is 0.969. The molecule has 0 aliphatic carbocycles. The van der Waals surface area contributed by atoms with E-state index in [0.29, 0.717) is 12.8 Å². The smallest absolute Gasteiger partial charge is 0.243 e. The Morgan fingerprint density at radius 1 is 1.55 bits per heavy atom. The highest BCUT2D eigenvalue weighted by Crippen LogP contribution is 2.02. The number of rotatable bonds is 1. The van der Waals surface area contributed by atoms with Gasteiger partial charge in [0, 0.05) is 6.42 Å². The van der Waals surface area contributed by atoms with Crippen LogP contribution in [0.15, 0.2) is 0 Å². The van der Waals surface area contributed by atoms with Gasteiger partial charge in [-0.25, -0.2) is 0 Å². The zero-order valence-corrected chi connectivity index (χ0v) is 7.03. The van der Waals surface area contributed by atoms with E-state index in [1.165, 1.54) is 0 Å². The van der Waals surface area contributed by atoms with Crippen molar-refractivity contribution in [3.63, 3.8) is 0 Å². The predicted octanol–water partition coefficient (Wildman–Crippen LogP) is -0.567. The van der Waals surface area contributed by atoms with Crippen molar-refractivity contribution in [2.24, 2.45) is 0 Å². The maximum Gasteiger partial charge on any atom is 0.243 e. The highest BCUT2D eigenvalue weighted by Gasteiger charge is 2.24. The average molecular weight is 179 g/mol. The van der Waals surface area contributed by atoms with Crippen molar-refractivity contribution in [1.82, 2.24) is 10.6 Å². The zero-order valence-electron chi connectivity index (χ0n) is 6.22. The van der Waals surface area contributed by atoms with E-state index in [9.17, 15) is 9.59 Å². The van der Waals surface area contributed by atoms with E-state index < -0.39 is 0 Å². The first-order valence-corrected chi connectivity index (χ1v) is 3.25. The molecule has 11 heavy (non-hydrogen) atoms. The predicted molar refractivity (Wildman–Crippen MR) is 42.5 cm³/mol. The number of carbonyl (C=O) groups is 2. The molecule has 1 saturated heterocycles. The molecule has 2 N–H and O–H groups in total. The molecule has 1 aliphatic heterocycles. The summed E-state index contributed by atoms with van der Waals surface area (Å²) in [6, 6.07) is -0.183. The van der Waals surface area contributed by atoms with E-state index >= 15 is 0 Å². The van der Waals surface area contributed by atoms with Gasteiger partial charge in [0.2, 0.25) is 11.8 Å². The van der Waals surface area contributed by atoms with Gasteiger partial charge < -0.3 is 5.32 Å². The second kappa shape index (κ2) is 4.31. The van der Waals surface area contributed by atoms with Gasteiger partial charge in [-0.15, -0.1) is 12.4 Å². The number of nitrogens with one attached hydrogen (secondary N) is 2. The molecule has 0 aromatic heterocycles. The third kappa shape index (κ3) is 2.48. The van der Waals surface area contributed by atoms with Gasteiger partial charge in [-0.2, -0.15) is 0 Å². The molecule has 1 atom stereocenters. The van der Waals surface area contributed by atoms with E-state index in [1.807, 2.05) is 0 Å². The van der Waals surface area contributed by atoms with Crippen LogP contribution in [0.1, 0.15) is 12.8 Å². The van der Waals surface area contributed by atoms with Gasteiger partial charge in [0.1, 0.15) is 0 Å². The minimum absolute atomic E-state index is 0. The molecule has 0 saturated carbocycles. The van der Waals surface area contributed by atoms with Gasteiger partial charge in [-0.05, 0) is 13.5 Å². The maximum absolute atomic E-state index is 10.8. The van der Waals surface area contributed by atoms with Gasteiger partial charge >= 0.3 is 0 Å². The lowest BCUT2D eigenvalue weighted by atomic mass is 10.1. The summed E-state index contributed by atoms with van der Waals surface area (Å²) in [6.45, 7) is 0. The Morgan fingerprint density at radius 3 is 2.64 bits per heavy atom. The third-order valence-electron chi connectivity index (χ3n) is 1.59. The van der Waals surface area contributed by atoms with Crippen molar-refractivity contribution < 1.29 is 9.59 Å². The summed E-state index contributed by atoms with van der Waals surface area (Å²) < 4.78 is 0. The molecule has 1 unspecified atom stereocenters. The van der Waals surface area contributed by atoms with Crippen molar-refractivity contribution in [3.05, 3.63) is 0 Å². The van der Waals surface area contributed by atoms with E-state index in [0.717, 1.165) is 0 Å². The Balaban J connectivity index is 0.000001000. The molecule has 2 amide bonds. The van der Waals surface area contributed by atoms with Gasteiger partial charge in [0.15, 0.2) is 0 Å². The number of likely N-dealkylation sites (N-methyl/N-ethyl adjacent to an activating group) is 1. The van der Waals surface area contributed by atoms with Crippen LogP contribution >= 0.6 is 12.4 Å². The van der Waals surface area contributed by atoms with Crippen molar-refractivity contribution in [2.45, 2.75) is 18.9 Å². The summed E-state index contributed by atoms with van der Waals surface area (Å²) in [7, 11) is 1.71. The Hall–Kier alpha value is -0.610. The number of piperidine rings is 1. The number of hydrogen-bond donors (Lipinski definition) is 2. The second-order valence-electron chi connectivity index (χ2n) is 2.29. The monoisotopic (exact) mass is 178 g/mol. The van der Waals surface area contributed by atoms with Crippen LogP contribution < -0.4 is 10.6 Å². The zero-order chi connectivity index (χ0) is 7.56. The van der Waals surface area contributed by atoms with E-state index in [1.54, 1.807) is 7.05 Å². The average Bonchev–Trinajstić information content (AvgIpc) is 1.88. The molecule has 1 aliphatic rings. The van der Waals surface area contributed by atoms with Crippen LogP contribution in [0.4, 0.5) is 0 Å². The summed E-state index contributed by atoms with van der Waals surface area (Å²) in [5.41, 5.74) is 0. The maximum atomic E-state index is 10.8. The van der Waals surface area contributed by atoms with Gasteiger partial charge in [0.25, 0.3) is 0 Å². The highest BCUT2D eigenvalue weighted by atomic mass is 35.5. The number of hydrogen-bond acceptors (Lipinski definition) is 3. The lowest BCUT2D eigenvalue weighted by molar-refractivity contribution is -0.134. The highest BCUT2D eigenvalue weighted by molar-refractivity contribution is 6.00. The molecular weight excluding hydrogens is 168 g/mol. The number of carbonyl (C=O) groups excluding carboxylic acids is 2. The largest absolute Gasteiger partial charge is 0.309 e. The number of halogens is 1. The van der Waals surface area contributed by atoms with Gasteiger partial charge in [0.05, 0.1) is 6.04 Å². The quantitative estimate of drug-likeness (QED) is 0.529. The fraction of sp³-hybridized carbons (Fsp3) is 0.667. The summed E-state index contributed by atoms with van der Waals surface area (Å²) in [4.78, 5) is 21.4. The minimum Gasteiger partial charge on any atom is -0.309 e. The van der Waals surface area contributed by atoms with Crippen LogP contribution in [0.3, 0.4) is 0 Å². The van der Waals surface area contributed by atoms with Crippen LogP contribution in [0.2, 0.25) is 0 Å². The van der Waals surface area contributed by atoms with Crippen molar-refractivity contribution >= 4 is 24.2 Å². The van der Waals surface area contributed by atoms with E-state index in [2.05, 4.69) is 10.6 Å². The Bertz CT molecular complexity index is 172. The molecule has 0 radical (unpaired) electrons. The van der Waals surface area contributed by atoms with Crippen LogP contribution in [0.25, 0.3) is 0 Å². The molecule has 5 heteroatoms. The first kappa shape index (κ1) is 10.4. The van der Waals surface area contributed by atoms with Gasteiger partial charge in [-0.3, -0.25) is 14.9 Å². The number of amides is 2. The molecule has 4 nitrogen and oxygen atoms in total. The van der Waals surface area contributed by atoms with E-state index in [-0.39, 0.29) is 30.3 Å². The normalized spacial score (nSPS) is 23.9. The summed E-state index contributed by atoms with van der Waals surface area (Å²) in [6.07, 6.45) is 1.05. The molecular formula is C6H11ClN2O2. The van der Waals surface area contributed by atoms with Crippen LogP contribution in [-0.4, -0.2) is 24.9 Å². The third-order valence-corrected chi connectivity index (χ3v) is 1.59. The first-order chi connectivity index (χ1) is 4.74. The second-order valence-corrected chi connectivity index (χ2v) is 2.29. The standard InChI is InChI=1S/C6H10N2O2.ClH/c1-7-4-2-3-5(9)8-6(4)10;/h4,7H,2-3H2,1H3,(H,8,9,10);1H. The molecule has 0 aromatic rings. The Labute approximate surface area is 71.1 Å². The summed E-state index contributed by atoms with van der Waals surface area (Å²) >= 11 is 0. The summed E-state index contributed by atoms with van der Waals surface area (Å²) in [5, 5.41) is 5.05. The Morgan fingerprint density at radius 2 is 2.18 bits per heavy atom. The SMILES string of the molecule is CNC1CCC(=O)NC1=O.Cl. The van der Waals surface area contributed by atoms with Gasteiger partial charge in [-0.1, -0.05) is 0 Å². The molecule has 0 bridgehead atoms. The number of imide groups is 1. The van der Waals surface area contributed by atoms with Crippen molar-refractivity contribution in [2.75, 3.05) is 7.05 Å². The van der Waals surface area contributed by atoms with Crippen LogP contribution in [0.5, 0.6) is 0 Å². The molecule has 0 spiro atoms. The molecule has 64 valence electrons. The van der Waals surface area contributed by atoms with Crippen molar-refractivity contribution in [1.29, 1.82) is 0 Å². The molecule has 0 aromatic carbocycles. The molecule has 1 rings (SSSR count). The first-order valence-electron chi connectivity index (χ1n) is 3.25. The van der Waals surface area contributed by atoms with Crippen LogP contribution in [-0.2, 0) is 9.59 Å². The lowest BCUT2D eigenvalue weighted by Gasteiger charge is -2.19. The minimum atomic E-state index is -0.209.